The highest BCUT2D eigenvalue weighted by atomic mass is 16.5. The van der Waals surface area contributed by atoms with E-state index in [2.05, 4.69) is 5.16 Å². The molecule has 0 unspecified atom stereocenters. The third-order valence-corrected chi connectivity index (χ3v) is 4.17. The second kappa shape index (κ2) is 8.40. The van der Waals surface area contributed by atoms with Gasteiger partial charge in [0.15, 0.2) is 11.5 Å². The van der Waals surface area contributed by atoms with Crippen LogP contribution in [-0.2, 0) is 18.0 Å². The number of hydrogen-bond acceptors (Lipinski definition) is 6. The summed E-state index contributed by atoms with van der Waals surface area (Å²) in [5.74, 6) is 1.27. The van der Waals surface area contributed by atoms with E-state index >= 15 is 0 Å². The zero-order valence-electron chi connectivity index (χ0n) is 15.5. The monoisotopic (exact) mass is 367 g/mol. The average Bonchev–Trinajstić information content (AvgIpc) is 3.02. The molecule has 2 aromatic carbocycles. The highest BCUT2D eigenvalue weighted by Gasteiger charge is 2.15. The van der Waals surface area contributed by atoms with Crippen molar-refractivity contribution in [3.8, 4) is 11.5 Å². The maximum atomic E-state index is 12.3. The van der Waals surface area contributed by atoms with Crippen molar-refractivity contribution in [2.45, 2.75) is 27.1 Å². The number of aryl methyl sites for hydroxylation is 2. The van der Waals surface area contributed by atoms with Crippen LogP contribution in [0.5, 0.6) is 11.5 Å². The van der Waals surface area contributed by atoms with Gasteiger partial charge in [0.2, 0.25) is 0 Å². The van der Waals surface area contributed by atoms with E-state index in [1.807, 2.05) is 44.2 Å². The molecule has 6 heteroatoms. The molecule has 0 saturated heterocycles. The van der Waals surface area contributed by atoms with Crippen LogP contribution in [0.3, 0.4) is 0 Å². The Balaban J connectivity index is 1.67. The second-order valence-corrected chi connectivity index (χ2v) is 6.02. The lowest BCUT2D eigenvalue weighted by Gasteiger charge is -2.12. The molecule has 140 valence electrons. The Morgan fingerprint density at radius 2 is 1.81 bits per heavy atom. The Morgan fingerprint density at radius 3 is 2.48 bits per heavy atom. The van der Waals surface area contributed by atoms with Crippen LogP contribution in [0.4, 0.5) is 0 Å². The molecule has 0 amide bonds. The van der Waals surface area contributed by atoms with Crippen molar-refractivity contribution in [2.24, 2.45) is 0 Å². The summed E-state index contributed by atoms with van der Waals surface area (Å²) in [5, 5.41) is 3.91. The van der Waals surface area contributed by atoms with Crippen LogP contribution in [0.25, 0.3) is 0 Å². The van der Waals surface area contributed by atoms with Crippen LogP contribution in [0, 0.1) is 13.8 Å². The van der Waals surface area contributed by atoms with Gasteiger partial charge in [-0.05, 0) is 37.6 Å². The van der Waals surface area contributed by atoms with E-state index < -0.39 is 5.97 Å². The van der Waals surface area contributed by atoms with Crippen molar-refractivity contribution >= 4 is 5.97 Å². The number of ether oxygens (including phenoxy) is 3. The van der Waals surface area contributed by atoms with E-state index in [1.54, 1.807) is 18.2 Å². The van der Waals surface area contributed by atoms with E-state index in [9.17, 15) is 4.79 Å². The molecule has 0 radical (unpaired) electrons. The first-order valence-corrected chi connectivity index (χ1v) is 8.52. The number of methoxy groups -OCH3 is 1. The zero-order chi connectivity index (χ0) is 19.2. The van der Waals surface area contributed by atoms with Gasteiger partial charge in [0.1, 0.15) is 19.0 Å². The molecule has 0 N–H and O–H groups in total. The summed E-state index contributed by atoms with van der Waals surface area (Å²) in [6.07, 6.45) is 0. The number of nitrogens with zero attached hydrogens (tertiary/aromatic N) is 1. The van der Waals surface area contributed by atoms with Gasteiger partial charge >= 0.3 is 5.97 Å². The lowest BCUT2D eigenvalue weighted by molar-refractivity contribution is 0.0472. The van der Waals surface area contributed by atoms with Gasteiger partial charge in [-0.15, -0.1) is 0 Å². The molecule has 3 aromatic rings. The molecule has 27 heavy (non-hydrogen) atoms. The summed E-state index contributed by atoms with van der Waals surface area (Å²) in [5.41, 5.74) is 3.00. The normalized spacial score (nSPS) is 10.5. The van der Waals surface area contributed by atoms with Crippen molar-refractivity contribution in [2.75, 3.05) is 7.11 Å². The molecule has 0 aliphatic carbocycles. The Kier molecular flexibility index (Phi) is 5.76. The fraction of sp³-hybridized carbons (Fsp3) is 0.238. The Labute approximate surface area is 157 Å². The highest BCUT2D eigenvalue weighted by molar-refractivity contribution is 5.90. The summed E-state index contributed by atoms with van der Waals surface area (Å²) in [4.78, 5) is 12.3. The number of rotatable bonds is 7. The van der Waals surface area contributed by atoms with E-state index in [0.29, 0.717) is 29.4 Å². The molecule has 0 bridgehead atoms. The van der Waals surface area contributed by atoms with Crippen LogP contribution in [-0.4, -0.2) is 18.2 Å². The Morgan fingerprint density at radius 1 is 1.04 bits per heavy atom. The quantitative estimate of drug-likeness (QED) is 0.582. The lowest BCUT2D eigenvalue weighted by Crippen LogP contribution is -2.06. The van der Waals surface area contributed by atoms with Crippen molar-refractivity contribution in [3.05, 3.63) is 76.7 Å². The molecule has 0 aliphatic rings. The number of carbonyl (C=O) groups is 1. The summed E-state index contributed by atoms with van der Waals surface area (Å²) in [7, 11) is 1.52. The maximum absolute atomic E-state index is 12.3. The van der Waals surface area contributed by atoms with Crippen molar-refractivity contribution < 1.29 is 23.5 Å². The number of benzene rings is 2. The summed E-state index contributed by atoms with van der Waals surface area (Å²) in [6.45, 7) is 4.21. The van der Waals surface area contributed by atoms with Crippen LogP contribution in [0.2, 0.25) is 0 Å². The van der Waals surface area contributed by atoms with Gasteiger partial charge in [-0.2, -0.15) is 0 Å². The van der Waals surface area contributed by atoms with Gasteiger partial charge in [-0.1, -0.05) is 35.5 Å². The second-order valence-electron chi connectivity index (χ2n) is 6.02. The molecule has 6 nitrogen and oxygen atoms in total. The predicted molar refractivity (Wildman–Crippen MR) is 98.9 cm³/mol. The van der Waals surface area contributed by atoms with E-state index in [-0.39, 0.29) is 6.61 Å². The van der Waals surface area contributed by atoms with Gasteiger partial charge in [0.05, 0.1) is 23.9 Å². The van der Waals surface area contributed by atoms with Crippen molar-refractivity contribution in [1.82, 2.24) is 5.16 Å². The number of carbonyl (C=O) groups excluding carboxylic acids is 1. The number of hydrogen-bond donors (Lipinski definition) is 0. The number of esters is 1. The Hall–Kier alpha value is -3.28. The highest BCUT2D eigenvalue weighted by Crippen LogP contribution is 2.30. The molecule has 0 aliphatic heterocycles. The third kappa shape index (κ3) is 4.47. The van der Waals surface area contributed by atoms with Gasteiger partial charge in [-0.25, -0.2) is 4.79 Å². The summed E-state index contributed by atoms with van der Waals surface area (Å²) >= 11 is 0. The fourth-order valence-electron chi connectivity index (χ4n) is 2.58. The Bertz CT molecular complexity index is 898. The average molecular weight is 367 g/mol. The lowest BCUT2D eigenvalue weighted by atomic mass is 10.2. The van der Waals surface area contributed by atoms with E-state index in [4.69, 9.17) is 18.7 Å². The third-order valence-electron chi connectivity index (χ3n) is 4.17. The predicted octanol–water partition coefficient (Wildman–Crippen LogP) is 4.24. The topological polar surface area (TPSA) is 70.8 Å². The molecule has 0 atom stereocenters. The SMILES string of the molecule is COc1cc(C(=O)OCc2ccccc2)ccc1OCc1c(C)noc1C. The van der Waals surface area contributed by atoms with Gasteiger partial charge in [0.25, 0.3) is 0 Å². The van der Waals surface area contributed by atoms with Gasteiger partial charge in [-0.3, -0.25) is 0 Å². The van der Waals surface area contributed by atoms with E-state index in [1.165, 1.54) is 7.11 Å². The molecule has 0 spiro atoms. The molecular weight excluding hydrogens is 346 g/mol. The molecular formula is C21H21NO5. The minimum Gasteiger partial charge on any atom is -0.493 e. The van der Waals surface area contributed by atoms with Crippen LogP contribution in [0.15, 0.2) is 53.1 Å². The minimum atomic E-state index is -0.422. The number of aromatic nitrogens is 1. The first-order chi connectivity index (χ1) is 13.1. The first kappa shape index (κ1) is 18.5. The van der Waals surface area contributed by atoms with Crippen molar-refractivity contribution in [1.29, 1.82) is 0 Å². The molecule has 3 rings (SSSR count). The zero-order valence-corrected chi connectivity index (χ0v) is 15.5. The van der Waals surface area contributed by atoms with Crippen LogP contribution >= 0.6 is 0 Å². The largest absolute Gasteiger partial charge is 0.493 e. The fourth-order valence-corrected chi connectivity index (χ4v) is 2.58. The van der Waals surface area contributed by atoms with Crippen LogP contribution < -0.4 is 9.47 Å². The minimum absolute atomic E-state index is 0.215. The molecule has 0 fully saturated rings. The van der Waals surface area contributed by atoms with Crippen LogP contribution in [0.1, 0.15) is 32.9 Å². The van der Waals surface area contributed by atoms with Crippen molar-refractivity contribution in [3.63, 3.8) is 0 Å². The van der Waals surface area contributed by atoms with Gasteiger partial charge < -0.3 is 18.7 Å². The molecule has 1 aromatic heterocycles. The standard InChI is InChI=1S/C21H21NO5/c1-14-18(15(2)27-22-14)13-25-19-10-9-17(11-20(19)24-3)21(23)26-12-16-7-5-4-6-8-16/h4-11H,12-13H2,1-3H3. The maximum Gasteiger partial charge on any atom is 0.338 e. The van der Waals surface area contributed by atoms with E-state index in [0.717, 1.165) is 16.8 Å². The molecule has 1 heterocycles. The summed E-state index contributed by atoms with van der Waals surface area (Å²) < 4.78 is 21.7. The first-order valence-electron chi connectivity index (χ1n) is 8.52. The smallest absolute Gasteiger partial charge is 0.338 e. The van der Waals surface area contributed by atoms with Gasteiger partial charge in [0, 0.05) is 0 Å². The molecule has 0 saturated carbocycles. The summed E-state index contributed by atoms with van der Waals surface area (Å²) in [6, 6.07) is 14.5.